The minimum Gasteiger partial charge on any atom is -0.212 e. The molecule has 0 aromatic carbocycles. The second-order valence-corrected chi connectivity index (χ2v) is 6.21. The highest BCUT2D eigenvalue weighted by Crippen LogP contribution is 2.33. The number of rotatable bonds is 3. The second kappa shape index (κ2) is 3.45. The van der Waals surface area contributed by atoms with Crippen molar-refractivity contribution in [1.29, 1.82) is 5.26 Å². The fourth-order valence-corrected chi connectivity index (χ4v) is 2.96. The molecule has 0 unspecified atom stereocenters. The van der Waals surface area contributed by atoms with E-state index in [0.717, 1.165) is 0 Å². The van der Waals surface area contributed by atoms with Crippen LogP contribution in [0.2, 0.25) is 0 Å². The van der Waals surface area contributed by atoms with Gasteiger partial charge in [-0.3, -0.25) is 0 Å². The molecule has 0 aliphatic carbocycles. The predicted octanol–water partition coefficient (Wildman–Crippen LogP) is 0.543. The normalized spacial score (nSPS) is 21.9. The van der Waals surface area contributed by atoms with Crippen LogP contribution in [0, 0.1) is 11.3 Å². The maximum absolute atomic E-state index is 11.3. The van der Waals surface area contributed by atoms with Crippen LogP contribution in [0.3, 0.4) is 0 Å². The average molecular weight is 223 g/mol. The summed E-state index contributed by atoms with van der Waals surface area (Å²) in [7, 11) is -3.11. The van der Waals surface area contributed by atoms with Crippen LogP contribution in [-0.2, 0) is 10.0 Å². The van der Waals surface area contributed by atoms with Gasteiger partial charge in [0.1, 0.15) is 0 Å². The van der Waals surface area contributed by atoms with Crippen LogP contribution in [0.5, 0.6) is 0 Å². The van der Waals surface area contributed by atoms with Crippen LogP contribution >= 0.6 is 11.6 Å². The number of sulfonamides is 1. The summed E-state index contributed by atoms with van der Waals surface area (Å²) >= 11 is 5.94. The average Bonchev–Trinajstić information content (AvgIpc) is 2.00. The van der Waals surface area contributed by atoms with E-state index in [-0.39, 0.29) is 25.3 Å². The Kier molecular flexibility index (Phi) is 2.85. The molecule has 1 aliphatic heterocycles. The van der Waals surface area contributed by atoms with Gasteiger partial charge >= 0.3 is 0 Å². The van der Waals surface area contributed by atoms with Gasteiger partial charge in [0.15, 0.2) is 0 Å². The van der Waals surface area contributed by atoms with Crippen molar-refractivity contribution in [3.63, 3.8) is 0 Å². The van der Waals surface area contributed by atoms with E-state index in [0.29, 0.717) is 0 Å². The van der Waals surface area contributed by atoms with Crippen molar-refractivity contribution in [3.05, 3.63) is 0 Å². The van der Waals surface area contributed by atoms with Gasteiger partial charge in [-0.05, 0) is 6.92 Å². The Morgan fingerprint density at radius 3 is 2.54 bits per heavy atom. The molecule has 1 aliphatic rings. The summed E-state index contributed by atoms with van der Waals surface area (Å²) in [6.45, 7) is 2.12. The molecule has 1 saturated heterocycles. The van der Waals surface area contributed by atoms with Crippen LogP contribution in [0.15, 0.2) is 0 Å². The first-order chi connectivity index (χ1) is 5.93. The molecule has 1 heterocycles. The number of halogens is 1. The molecule has 0 spiro atoms. The van der Waals surface area contributed by atoms with Gasteiger partial charge in [-0.25, -0.2) is 8.42 Å². The topological polar surface area (TPSA) is 61.2 Å². The van der Waals surface area contributed by atoms with E-state index in [2.05, 4.69) is 0 Å². The van der Waals surface area contributed by atoms with Gasteiger partial charge in [0.25, 0.3) is 0 Å². The number of hydrogen-bond acceptors (Lipinski definition) is 3. The molecule has 13 heavy (non-hydrogen) atoms. The maximum atomic E-state index is 11.3. The van der Waals surface area contributed by atoms with E-state index < -0.39 is 14.9 Å². The number of nitrogens with zero attached hydrogens (tertiary/aromatic N) is 2. The summed E-state index contributed by atoms with van der Waals surface area (Å²) in [4.78, 5) is -0.642. The first-order valence-electron chi connectivity index (χ1n) is 3.97. The van der Waals surface area contributed by atoms with E-state index in [1.165, 1.54) is 4.31 Å². The summed E-state index contributed by atoms with van der Waals surface area (Å²) in [6, 6.07) is 1.95. The highest BCUT2D eigenvalue weighted by molar-refractivity contribution is 7.89. The molecule has 0 aromatic heterocycles. The van der Waals surface area contributed by atoms with Gasteiger partial charge in [0, 0.05) is 13.1 Å². The Hall–Kier alpha value is -0.310. The van der Waals surface area contributed by atoms with Gasteiger partial charge < -0.3 is 0 Å². The van der Waals surface area contributed by atoms with Crippen molar-refractivity contribution in [2.75, 3.05) is 18.8 Å². The molecule has 0 N–H and O–H groups in total. The molecule has 0 saturated carbocycles. The summed E-state index contributed by atoms with van der Waals surface area (Å²) in [5.74, 6) is 0.0898. The van der Waals surface area contributed by atoms with E-state index in [1.54, 1.807) is 6.92 Å². The Bertz CT molecular complexity index is 327. The standard InChI is InChI=1S/C7H11ClN2O2S/c1-2-13(11,12)10-5-7(8,6-10)3-4-9/h2-3,5-6H2,1H3. The highest BCUT2D eigenvalue weighted by atomic mass is 35.5. The molecule has 0 atom stereocenters. The van der Waals surface area contributed by atoms with Crippen LogP contribution in [0.4, 0.5) is 0 Å². The Morgan fingerprint density at radius 2 is 2.15 bits per heavy atom. The smallest absolute Gasteiger partial charge is 0.212 e. The monoisotopic (exact) mass is 222 g/mol. The van der Waals surface area contributed by atoms with Gasteiger partial charge in [-0.1, -0.05) is 0 Å². The zero-order valence-corrected chi connectivity index (χ0v) is 8.90. The molecular formula is C7H11ClN2O2S. The van der Waals surface area contributed by atoms with Gasteiger partial charge in [-0.2, -0.15) is 9.57 Å². The summed E-state index contributed by atoms with van der Waals surface area (Å²) in [5.41, 5.74) is 0. The third-order valence-electron chi connectivity index (χ3n) is 2.07. The molecule has 1 rings (SSSR count). The zero-order chi connectivity index (χ0) is 10.1. The number of alkyl halides is 1. The zero-order valence-electron chi connectivity index (χ0n) is 7.33. The minimum atomic E-state index is -3.11. The SMILES string of the molecule is CCS(=O)(=O)N1CC(Cl)(CC#N)C1. The van der Waals surface area contributed by atoms with Gasteiger partial charge in [0.05, 0.1) is 23.1 Å². The lowest BCUT2D eigenvalue weighted by atomic mass is 9.99. The van der Waals surface area contributed by atoms with Crippen molar-refractivity contribution >= 4 is 21.6 Å². The molecular weight excluding hydrogens is 212 g/mol. The van der Waals surface area contributed by atoms with Crippen molar-refractivity contribution in [2.45, 2.75) is 18.2 Å². The van der Waals surface area contributed by atoms with Crippen molar-refractivity contribution in [2.24, 2.45) is 0 Å². The minimum absolute atomic E-state index is 0.0898. The highest BCUT2D eigenvalue weighted by Gasteiger charge is 2.46. The molecule has 1 fully saturated rings. The van der Waals surface area contributed by atoms with Crippen LogP contribution in [-0.4, -0.2) is 36.4 Å². The summed E-state index contributed by atoms with van der Waals surface area (Å²) in [5, 5.41) is 8.41. The fourth-order valence-electron chi connectivity index (χ4n) is 1.22. The van der Waals surface area contributed by atoms with Crippen LogP contribution in [0.1, 0.15) is 13.3 Å². The van der Waals surface area contributed by atoms with Crippen LogP contribution < -0.4 is 0 Å². The Balaban J connectivity index is 2.56. The van der Waals surface area contributed by atoms with Gasteiger partial charge in [0.2, 0.25) is 10.0 Å². The molecule has 6 heteroatoms. The molecule has 0 bridgehead atoms. The number of hydrogen-bond donors (Lipinski definition) is 0. The number of nitriles is 1. The first-order valence-corrected chi connectivity index (χ1v) is 5.96. The molecule has 0 aromatic rings. The first kappa shape index (κ1) is 10.8. The van der Waals surface area contributed by atoms with E-state index in [9.17, 15) is 8.42 Å². The molecule has 0 amide bonds. The molecule has 74 valence electrons. The van der Waals surface area contributed by atoms with Crippen molar-refractivity contribution < 1.29 is 8.42 Å². The third kappa shape index (κ3) is 2.13. The Labute approximate surface area is 83.1 Å². The van der Waals surface area contributed by atoms with E-state index in [4.69, 9.17) is 16.9 Å². The van der Waals surface area contributed by atoms with Crippen molar-refractivity contribution in [1.82, 2.24) is 4.31 Å². The Morgan fingerprint density at radius 1 is 1.62 bits per heavy atom. The lowest BCUT2D eigenvalue weighted by Crippen LogP contribution is -2.60. The van der Waals surface area contributed by atoms with E-state index >= 15 is 0 Å². The largest absolute Gasteiger partial charge is 0.213 e. The van der Waals surface area contributed by atoms with Crippen molar-refractivity contribution in [3.8, 4) is 6.07 Å². The quantitative estimate of drug-likeness (QED) is 0.655. The third-order valence-corrected chi connectivity index (χ3v) is 4.22. The lowest BCUT2D eigenvalue weighted by molar-refractivity contribution is 0.230. The van der Waals surface area contributed by atoms with Crippen LogP contribution in [0.25, 0.3) is 0 Å². The predicted molar refractivity (Wildman–Crippen MR) is 49.8 cm³/mol. The lowest BCUT2D eigenvalue weighted by Gasteiger charge is -2.43. The maximum Gasteiger partial charge on any atom is 0.213 e. The second-order valence-electron chi connectivity index (χ2n) is 3.15. The molecule has 0 radical (unpaired) electrons. The fraction of sp³-hybridized carbons (Fsp3) is 0.857. The summed E-state index contributed by atoms with van der Waals surface area (Å²) < 4.78 is 23.8. The summed E-state index contributed by atoms with van der Waals surface area (Å²) in [6.07, 6.45) is 0.199. The molecule has 4 nitrogen and oxygen atoms in total. The van der Waals surface area contributed by atoms with E-state index in [1.807, 2.05) is 6.07 Å². The van der Waals surface area contributed by atoms with Gasteiger partial charge in [-0.15, -0.1) is 11.6 Å².